The van der Waals surface area contributed by atoms with Gasteiger partial charge in [-0.3, -0.25) is 0 Å². The Balaban J connectivity index is 0.000000504. The number of nitriles is 1. The Kier molecular flexibility index (Phi) is 9.26. The fourth-order valence-electron chi connectivity index (χ4n) is 3.00. The largest absolute Gasteiger partial charge is 0.357 e. The van der Waals surface area contributed by atoms with Crippen molar-refractivity contribution < 1.29 is 95.5 Å². The number of benzene rings is 2. The fraction of sp³-hybridized carbons (Fsp3) is 0.350. The second-order valence-corrected chi connectivity index (χ2v) is 16.0. The molecule has 0 atom stereocenters. The molecule has 0 radical (unpaired) electrons. The number of hydrogen-bond acceptors (Lipinski definition) is 1. The minimum Gasteiger partial charge on any atom is -0.0619 e. The van der Waals surface area contributed by atoms with E-state index >= 15 is 0 Å². The molecule has 0 saturated carbocycles. The van der Waals surface area contributed by atoms with Crippen LogP contribution in [0.2, 0.25) is 0 Å². The Labute approximate surface area is 223 Å². The van der Waals surface area contributed by atoms with E-state index in [2.05, 4.69) is 60.7 Å². The van der Waals surface area contributed by atoms with Crippen LogP contribution in [0.5, 0.6) is 0 Å². The van der Waals surface area contributed by atoms with Crippen molar-refractivity contribution in [2.24, 2.45) is 0 Å². The van der Waals surface area contributed by atoms with E-state index in [9.17, 15) is 74.3 Å². The summed E-state index contributed by atoms with van der Waals surface area (Å²) >= 11 is 0.0287. The minimum absolute atomic E-state index is 0.0287. The van der Waals surface area contributed by atoms with Crippen LogP contribution in [0.15, 0.2) is 60.7 Å². The third kappa shape index (κ3) is 4.75. The van der Waals surface area contributed by atoms with Crippen molar-refractivity contribution >= 4 is 6.57 Å². The summed E-state index contributed by atoms with van der Waals surface area (Å²) in [4.78, 5) is 0. The molecule has 2 aromatic carbocycles. The molecule has 0 heterocycles. The molecule has 40 heavy (non-hydrogen) atoms. The molecule has 0 spiro atoms. The van der Waals surface area contributed by atoms with Crippen molar-refractivity contribution in [1.29, 1.82) is 5.26 Å². The molecule has 0 aliphatic carbocycles. The third-order valence-electron chi connectivity index (χ3n) is 5.21. The number of nitrogens with zero attached hydrogens (tertiary/aromatic N) is 1. The molecule has 0 unspecified atom stereocenters. The fourth-order valence-corrected chi connectivity index (χ4v) is 9.12. The first-order valence-corrected chi connectivity index (χ1v) is 14.5. The second-order valence-electron chi connectivity index (χ2n) is 7.74. The Hall–Kier alpha value is -2.10. The average Bonchev–Trinajstić information content (AvgIpc) is 2.78. The monoisotopic (exact) mass is 747 g/mol. The van der Waals surface area contributed by atoms with Crippen LogP contribution >= 0.6 is 6.57 Å². The van der Waals surface area contributed by atoms with Crippen molar-refractivity contribution in [2.75, 3.05) is 6.16 Å². The van der Waals surface area contributed by atoms with Gasteiger partial charge in [-0.25, -0.2) is 0 Å². The molecule has 0 amide bonds. The molecule has 0 aromatic heterocycles. The van der Waals surface area contributed by atoms with E-state index in [4.69, 9.17) is 5.26 Å². The van der Waals surface area contributed by atoms with E-state index in [-0.39, 0.29) is 21.2 Å². The van der Waals surface area contributed by atoms with E-state index in [0.717, 1.165) is 0 Å². The Morgan fingerprint density at radius 3 is 0.975 bits per heavy atom. The van der Waals surface area contributed by atoms with Crippen molar-refractivity contribution in [3.8, 4) is 6.07 Å². The van der Waals surface area contributed by atoms with Crippen LogP contribution in [0.25, 0.3) is 0 Å². The van der Waals surface area contributed by atoms with Gasteiger partial charge in [-0.1, -0.05) is 36.4 Å². The van der Waals surface area contributed by atoms with Gasteiger partial charge in [-0.05, 0) is 24.3 Å². The van der Waals surface area contributed by atoms with E-state index < -0.39 is 54.3 Å². The van der Waals surface area contributed by atoms with Gasteiger partial charge in [-0.15, -0.1) is 0 Å². The van der Waals surface area contributed by atoms with Gasteiger partial charge in [0.15, 0.2) is 7.14 Å². The number of rotatable bonds is 6. The predicted octanol–water partition coefficient (Wildman–Crippen LogP) is 6.65. The van der Waals surface area contributed by atoms with Crippen molar-refractivity contribution in [1.82, 2.24) is 0 Å². The van der Waals surface area contributed by atoms with Gasteiger partial charge in [-0.2, -0.15) is 0 Å². The summed E-state index contributed by atoms with van der Waals surface area (Å²) in [5.41, 5.74) is -27.9. The zero-order chi connectivity index (χ0) is 31.8. The second kappa shape index (κ2) is 10.3. The normalized spacial score (nSPS) is 15.7. The molecular formula is C20H12F17INP. The molecule has 228 valence electrons. The molecule has 0 aliphatic heterocycles. The molecule has 0 saturated heterocycles. The van der Waals surface area contributed by atoms with Crippen LogP contribution < -0.4 is 21.2 Å². The molecule has 20 heteroatoms. The van der Waals surface area contributed by atoms with Gasteiger partial charge in [0.2, 0.25) is 0 Å². The van der Waals surface area contributed by atoms with Crippen LogP contribution in [0, 0.1) is 18.5 Å². The van der Waals surface area contributed by atoms with E-state index in [1.807, 2.05) is 0 Å². The summed E-state index contributed by atoms with van der Waals surface area (Å²) < 4.78 is 222. The SMILES string of the molecule is N#CC[P-](F)(F)(C(F)(F)C(F)(F)F)(C(F)(F)C(F)(F)F)C(F)(F)C(F)(F)F.c1ccc([I+]c2ccccc2)cc1. The minimum atomic E-state index is -13.9. The van der Waals surface area contributed by atoms with E-state index in [1.54, 1.807) is 0 Å². The molecule has 0 aliphatic rings. The van der Waals surface area contributed by atoms with E-state index in [1.165, 1.54) is 7.14 Å². The van der Waals surface area contributed by atoms with Gasteiger partial charge < -0.3 is 0 Å². The van der Waals surface area contributed by atoms with Crippen LogP contribution in [0.3, 0.4) is 0 Å². The molecule has 0 fully saturated rings. The summed E-state index contributed by atoms with van der Waals surface area (Å²) in [6, 6.07) is 20.5. The first kappa shape index (κ1) is 35.9. The van der Waals surface area contributed by atoms with Gasteiger partial charge in [0.05, 0.1) is 0 Å². The first-order chi connectivity index (χ1) is 17.6. The summed E-state index contributed by atoms with van der Waals surface area (Å²) in [6.45, 7) is -13.9. The molecule has 1 nitrogen and oxygen atoms in total. The molecule has 0 N–H and O–H groups in total. The summed E-state index contributed by atoms with van der Waals surface area (Å²) in [7, 11) is 0. The summed E-state index contributed by atoms with van der Waals surface area (Å²) in [5, 5.41) is 7.82. The van der Waals surface area contributed by atoms with Gasteiger partial charge >= 0.3 is 155 Å². The molecule has 2 aromatic rings. The van der Waals surface area contributed by atoms with Gasteiger partial charge in [0, 0.05) is 0 Å². The Morgan fingerprint density at radius 1 is 0.525 bits per heavy atom. The summed E-state index contributed by atoms with van der Waals surface area (Å²) in [5.74, 6) is 0. The topological polar surface area (TPSA) is 23.8 Å². The average molecular weight is 747 g/mol. The summed E-state index contributed by atoms with van der Waals surface area (Å²) in [6.07, 6.45) is -30.5. The van der Waals surface area contributed by atoms with Gasteiger partial charge in [0.25, 0.3) is 0 Å². The maximum absolute atomic E-state index is 14.5. The number of halogens is 18. The third-order valence-corrected chi connectivity index (χ3v) is 13.7. The first-order valence-electron chi connectivity index (χ1n) is 9.69. The smallest absolute Gasteiger partial charge is 0.0619 e. The van der Waals surface area contributed by atoms with Crippen LogP contribution in [-0.2, 0) is 0 Å². The van der Waals surface area contributed by atoms with Crippen LogP contribution in [0.4, 0.5) is 74.3 Å². The molecular weight excluding hydrogens is 735 g/mol. The Morgan fingerprint density at radius 2 is 0.775 bits per heavy atom. The zero-order valence-electron chi connectivity index (χ0n) is 18.7. The molecule has 2 rings (SSSR count). The van der Waals surface area contributed by atoms with Crippen molar-refractivity contribution in [3.63, 3.8) is 0 Å². The van der Waals surface area contributed by atoms with Gasteiger partial charge in [0.1, 0.15) is 0 Å². The van der Waals surface area contributed by atoms with Crippen LogP contribution in [0.1, 0.15) is 0 Å². The zero-order valence-corrected chi connectivity index (χ0v) is 21.7. The van der Waals surface area contributed by atoms with E-state index in [0.29, 0.717) is 0 Å². The Bertz CT molecular complexity index is 1100. The maximum atomic E-state index is 14.5. The maximum Gasteiger partial charge on any atom is 0.357 e. The standard InChI is InChI=1S/C12H10I.C8H2F17NP/c1-3-7-11(8-4-1)13-12-9-5-2-6-10-12;9-3(10,11)6(18,19)27(24,25,2-1-26,7(20,21)4(12,13)14)8(22,23)5(15,16)17/h1-10H;2H2/q+1;-1. The van der Waals surface area contributed by atoms with Crippen molar-refractivity contribution in [2.45, 2.75) is 35.5 Å². The van der Waals surface area contributed by atoms with Crippen LogP contribution in [-0.4, -0.2) is 41.7 Å². The number of hydrogen-bond donors (Lipinski definition) is 0. The van der Waals surface area contributed by atoms with Crippen molar-refractivity contribution in [3.05, 3.63) is 67.8 Å². The molecule has 0 bridgehead atoms. The number of alkyl halides is 15. The quantitative estimate of drug-likeness (QED) is 0.185. The predicted molar refractivity (Wildman–Crippen MR) is 103 cm³/mol.